The molecule has 0 fully saturated rings. The van der Waals surface area contributed by atoms with Crippen molar-refractivity contribution in [3.05, 3.63) is 17.7 Å². The lowest BCUT2D eigenvalue weighted by molar-refractivity contribution is -0.141. The molecule has 3 nitrogen and oxygen atoms in total. The first-order valence-corrected chi connectivity index (χ1v) is 3.91. The smallest absolute Gasteiger partial charge is 0.332 e. The van der Waals surface area contributed by atoms with Crippen molar-refractivity contribution in [1.82, 2.24) is 14.9 Å². The molecule has 0 spiro atoms. The van der Waals surface area contributed by atoms with Crippen LogP contribution in [-0.2, 0) is 19.3 Å². The fourth-order valence-corrected chi connectivity index (χ4v) is 1.33. The largest absolute Gasteiger partial charge is 0.434 e. The van der Waals surface area contributed by atoms with Crippen LogP contribution in [0.25, 0.3) is 0 Å². The van der Waals surface area contributed by atoms with Gasteiger partial charge >= 0.3 is 6.18 Å². The van der Waals surface area contributed by atoms with Gasteiger partial charge in [0.15, 0.2) is 5.69 Å². The molecule has 0 aromatic carbocycles. The summed E-state index contributed by atoms with van der Waals surface area (Å²) in [5, 5.41) is 2.96. The third-order valence-electron chi connectivity index (χ3n) is 1.96. The molecule has 13 heavy (non-hydrogen) atoms. The van der Waals surface area contributed by atoms with Gasteiger partial charge in [-0.05, 0) is 0 Å². The van der Waals surface area contributed by atoms with Crippen molar-refractivity contribution in [2.75, 3.05) is 6.54 Å². The van der Waals surface area contributed by atoms with Crippen LogP contribution in [0, 0.1) is 0 Å². The maximum atomic E-state index is 12.2. The van der Waals surface area contributed by atoms with Crippen LogP contribution in [0.2, 0.25) is 0 Å². The van der Waals surface area contributed by atoms with Crippen LogP contribution in [0.4, 0.5) is 13.2 Å². The molecule has 2 heterocycles. The predicted molar refractivity (Wildman–Crippen MR) is 38.9 cm³/mol. The van der Waals surface area contributed by atoms with Crippen molar-refractivity contribution in [1.29, 1.82) is 0 Å². The summed E-state index contributed by atoms with van der Waals surface area (Å²) in [4.78, 5) is 3.50. The molecule has 0 unspecified atom stereocenters. The number of aromatic nitrogens is 2. The topological polar surface area (TPSA) is 29.9 Å². The monoisotopic (exact) mass is 191 g/mol. The lowest BCUT2D eigenvalue weighted by Gasteiger charge is -2.13. The van der Waals surface area contributed by atoms with Crippen LogP contribution in [0.1, 0.15) is 11.5 Å². The lowest BCUT2D eigenvalue weighted by atomic mass is 10.4. The van der Waals surface area contributed by atoms with Gasteiger partial charge in [-0.1, -0.05) is 0 Å². The summed E-state index contributed by atoms with van der Waals surface area (Å²) in [6.45, 7) is 1.66. The number of nitrogens with zero attached hydrogens (tertiary/aromatic N) is 2. The molecule has 1 aliphatic heterocycles. The average Bonchev–Trinajstić information content (AvgIpc) is 2.45. The second-order valence-corrected chi connectivity index (χ2v) is 2.91. The van der Waals surface area contributed by atoms with E-state index in [9.17, 15) is 13.2 Å². The van der Waals surface area contributed by atoms with E-state index in [1.165, 1.54) is 0 Å². The second-order valence-electron chi connectivity index (χ2n) is 2.91. The molecule has 0 atom stereocenters. The molecule has 1 aromatic rings. The minimum Gasteiger partial charge on any atom is -0.332 e. The summed E-state index contributed by atoms with van der Waals surface area (Å²) in [5.74, 6) is 0.457. The van der Waals surface area contributed by atoms with E-state index in [0.717, 1.165) is 6.20 Å². The number of nitrogens with one attached hydrogen (secondary N) is 1. The summed E-state index contributed by atoms with van der Waals surface area (Å²) in [5.41, 5.74) is -0.800. The number of alkyl halides is 3. The van der Waals surface area contributed by atoms with Crippen molar-refractivity contribution < 1.29 is 13.2 Å². The summed E-state index contributed by atoms with van der Waals surface area (Å²) in [6.07, 6.45) is -3.26. The first-order valence-electron chi connectivity index (χ1n) is 3.91. The van der Waals surface area contributed by atoms with Gasteiger partial charge in [-0.3, -0.25) is 0 Å². The Kier molecular flexibility index (Phi) is 1.80. The summed E-state index contributed by atoms with van der Waals surface area (Å²) in [6, 6.07) is 0. The van der Waals surface area contributed by atoms with Gasteiger partial charge in [-0.2, -0.15) is 13.2 Å². The van der Waals surface area contributed by atoms with E-state index >= 15 is 0 Å². The zero-order valence-corrected chi connectivity index (χ0v) is 6.73. The van der Waals surface area contributed by atoms with Gasteiger partial charge in [-0.15, -0.1) is 0 Å². The van der Waals surface area contributed by atoms with Crippen LogP contribution < -0.4 is 5.32 Å². The van der Waals surface area contributed by atoms with Crippen molar-refractivity contribution in [2.24, 2.45) is 0 Å². The molecule has 1 aliphatic rings. The van der Waals surface area contributed by atoms with Crippen molar-refractivity contribution in [3.63, 3.8) is 0 Å². The van der Waals surface area contributed by atoms with Gasteiger partial charge < -0.3 is 9.88 Å². The van der Waals surface area contributed by atoms with E-state index in [-0.39, 0.29) is 0 Å². The summed E-state index contributed by atoms with van der Waals surface area (Å²) < 4.78 is 38.1. The van der Waals surface area contributed by atoms with E-state index < -0.39 is 11.9 Å². The van der Waals surface area contributed by atoms with Gasteiger partial charge in [0, 0.05) is 19.3 Å². The highest BCUT2D eigenvalue weighted by Gasteiger charge is 2.34. The molecule has 1 N–H and O–H groups in total. The number of fused-ring (bicyclic) bond motifs is 1. The SMILES string of the molecule is FC(F)(F)c1cn2[12c](n1)CNCC2. The second kappa shape index (κ2) is 2.73. The molecular formula is C7H8F3N3. The van der Waals surface area contributed by atoms with Crippen LogP contribution in [0.3, 0.4) is 0 Å². The minimum atomic E-state index is -4.33. The van der Waals surface area contributed by atoms with E-state index in [1.807, 2.05) is 0 Å². The Morgan fingerprint density at radius 2 is 2.23 bits per heavy atom. The third-order valence-corrected chi connectivity index (χ3v) is 1.96. The van der Waals surface area contributed by atoms with E-state index in [0.29, 0.717) is 25.5 Å². The van der Waals surface area contributed by atoms with E-state index in [4.69, 9.17) is 0 Å². The highest BCUT2D eigenvalue weighted by atomic mass is 19.4. The van der Waals surface area contributed by atoms with Gasteiger partial charge in [0.2, 0.25) is 0 Å². The number of halogens is 3. The highest BCUT2D eigenvalue weighted by Crippen LogP contribution is 2.28. The summed E-state index contributed by atoms with van der Waals surface area (Å²) >= 11 is 0. The Morgan fingerprint density at radius 3 is 2.85 bits per heavy atom. The van der Waals surface area contributed by atoms with Crippen LogP contribution >= 0.6 is 0 Å². The van der Waals surface area contributed by atoms with Gasteiger partial charge in [0.05, 0.1) is 6.54 Å². The molecule has 2 rings (SSSR count). The molecule has 0 saturated heterocycles. The van der Waals surface area contributed by atoms with E-state index in [2.05, 4.69) is 10.3 Å². The summed E-state index contributed by atoms with van der Waals surface area (Å²) in [7, 11) is 0. The number of imidazole rings is 1. The molecule has 0 radical (unpaired) electrons. The Bertz CT molecular complexity index is 292. The van der Waals surface area contributed by atoms with Gasteiger partial charge in [0.1, 0.15) is 5.82 Å². The molecular weight excluding hydrogens is 183 g/mol. The molecule has 0 saturated carbocycles. The molecule has 72 valence electrons. The number of hydrogen-bond donors (Lipinski definition) is 1. The fourth-order valence-electron chi connectivity index (χ4n) is 1.33. The Labute approximate surface area is 72.6 Å². The molecule has 0 amide bonds. The average molecular weight is 191 g/mol. The minimum absolute atomic E-state index is 0.413. The van der Waals surface area contributed by atoms with Gasteiger partial charge in [0.25, 0.3) is 0 Å². The Balaban J connectivity index is 2.36. The normalized spacial score (nSPS) is 17.2. The maximum absolute atomic E-state index is 12.2. The number of rotatable bonds is 0. The lowest BCUT2D eigenvalue weighted by Crippen LogP contribution is -2.27. The maximum Gasteiger partial charge on any atom is 0.434 e. The Hall–Kier alpha value is -1.04. The van der Waals surface area contributed by atoms with E-state index in [1.54, 1.807) is 4.57 Å². The zero-order valence-electron chi connectivity index (χ0n) is 6.73. The number of hydrogen-bond acceptors (Lipinski definition) is 2. The molecule has 0 aliphatic carbocycles. The first kappa shape index (κ1) is 8.55. The standard InChI is InChI=1S/C7H8F3N3/c8-7(9,10)5-4-13-2-1-11-3-6(13)12-5/h4,11H,1-3H2/i6+0. The zero-order chi connectivity index (χ0) is 9.47. The third kappa shape index (κ3) is 1.53. The van der Waals surface area contributed by atoms with Gasteiger partial charge in [-0.25, -0.2) is 4.98 Å². The fraction of sp³-hybridized carbons (Fsp3) is 0.571. The molecule has 6 heteroatoms. The van der Waals surface area contributed by atoms with Crippen LogP contribution in [0.15, 0.2) is 6.20 Å². The van der Waals surface area contributed by atoms with Crippen molar-refractivity contribution >= 4 is 0 Å². The quantitative estimate of drug-likeness (QED) is 0.663. The molecule has 1 aromatic heterocycles. The van der Waals surface area contributed by atoms with Crippen LogP contribution in [0.5, 0.6) is 0 Å². The first-order chi connectivity index (χ1) is 6.07. The predicted octanol–water partition coefficient (Wildman–Crippen LogP) is 1.01. The van der Waals surface area contributed by atoms with Crippen molar-refractivity contribution in [2.45, 2.75) is 19.3 Å². The highest BCUT2D eigenvalue weighted by molar-refractivity contribution is 5.08. The van der Waals surface area contributed by atoms with Crippen molar-refractivity contribution in [3.8, 4) is 0 Å². The van der Waals surface area contributed by atoms with Crippen LogP contribution in [-0.4, -0.2) is 16.1 Å². The molecule has 0 bridgehead atoms. The Morgan fingerprint density at radius 1 is 1.46 bits per heavy atom.